The van der Waals surface area contributed by atoms with E-state index in [0.717, 1.165) is 28.5 Å². The molecule has 4 aliphatic rings. The Kier molecular flexibility index (Phi) is 44.1. The molecule has 4 saturated heterocycles. The summed E-state index contributed by atoms with van der Waals surface area (Å²) >= 11 is 0. The van der Waals surface area contributed by atoms with Crippen molar-refractivity contribution in [3.8, 4) is 0 Å². The van der Waals surface area contributed by atoms with Gasteiger partial charge in [-0.25, -0.2) is 4.98 Å². The van der Waals surface area contributed by atoms with Gasteiger partial charge in [-0.2, -0.15) is 0 Å². The molecule has 28 N–H and O–H groups in total. The average Bonchev–Trinajstić information content (AvgIpc) is 1.64. The number of carbonyl (C=O) groups is 20. The zero-order valence-corrected chi connectivity index (χ0v) is 80.6. The minimum Gasteiger partial charge on any atom is -0.481 e. The highest BCUT2D eigenvalue weighted by Crippen LogP contribution is 2.26. The zero-order valence-electron chi connectivity index (χ0n) is 80.6. The number of amides is 19. The van der Waals surface area contributed by atoms with E-state index in [1.807, 2.05) is 0 Å². The molecule has 7 rings (SSSR count). The summed E-state index contributed by atoms with van der Waals surface area (Å²) in [6, 6.07) is -11.8. The van der Waals surface area contributed by atoms with Crippen molar-refractivity contribution in [2.75, 3.05) is 32.7 Å². The Morgan fingerprint density at radius 2 is 0.779 bits per heavy atom. The second-order valence-corrected chi connectivity index (χ2v) is 36.9. The number of aliphatic carboxylic acids is 1. The number of imidazole rings is 1. The number of aliphatic hydroxyl groups excluding tert-OH is 2. The van der Waals surface area contributed by atoms with Gasteiger partial charge in [-0.15, -0.1) is 0 Å². The van der Waals surface area contributed by atoms with E-state index in [-0.39, 0.29) is 123 Å². The molecule has 0 unspecified atom stereocenters. The highest BCUT2D eigenvalue weighted by atomic mass is 16.4. The van der Waals surface area contributed by atoms with E-state index >= 15 is 14.4 Å². The average molecular weight is 1960 g/mol. The number of H-pyrrole nitrogens is 1. The smallest absolute Gasteiger partial charge is 0.303 e. The number of rotatable bonds is 27. The van der Waals surface area contributed by atoms with Crippen molar-refractivity contribution in [1.29, 1.82) is 5.41 Å². The number of aliphatic hydroxyl groups is 2. The standard InChI is InChI=1S/C92H139N25O23/c1-11-49(8)70-88(137)110-69(48(6)7)87(136)113-72(51(10)119)90(139)116-38-21-30-62(116)82(131)102-56(29-20-36-99-92(96)97)76(125)112-71(50(9)118)89(138)115-37-22-31-63(115)83(132)103-57(33-34-66(121)122)77(126)114-73(74(95)123)91(140)117-39-23-32-64(117)84(133)108-68(47(4)5)86(135)109-67(46(2)3)85(134)107-60(42-54-44-98-45-100-54)80(129)105-59(41-53-26-16-13-17-27-53)79(128)104-58(40-52-24-14-12-15-25-52)78(127)101-55(28-18-19-35-93)75(124)106-61(43-65(94)120)81(130)111-70/h12-17,24-27,44-51,55-64,67-73,118-119H,11,18-23,28-43,93H2,1-10H3,(H2,94,120)(H2,95,123)(H,98,100)(H,101,127)(H,102,131)(H,103,132)(H,104,128)(H,105,129)(H,106,124)(H,107,134)(H,108,133)(H,109,135)(H,110,137)(H,111,130)(H,112,125)(H,113,136)(H,114,126)(H,121,122)(H4,96,97,99)/t49-,50+,51+,55-,56-,57-,58-,59-,60-,61-,62-,63-,64-,67-,68-,69-,70-,71-,72-,73-/m0/s1. The first-order valence-electron chi connectivity index (χ1n) is 47.4. The van der Waals surface area contributed by atoms with E-state index < -0.39 is 282 Å². The number of carboxylic acids is 1. The number of hydrogen-bond acceptors (Lipinski definition) is 25. The first-order chi connectivity index (χ1) is 66.2. The number of aromatic nitrogens is 2. The minimum absolute atomic E-state index is 0.0152. The third-order valence-corrected chi connectivity index (χ3v) is 24.9. The number of hydrogen-bond donors (Lipinski definition) is 24. The molecular weight excluding hydrogens is 1820 g/mol. The highest BCUT2D eigenvalue weighted by Gasteiger charge is 2.48. The Balaban J connectivity index is 1.28. The monoisotopic (exact) mass is 1960 g/mol. The van der Waals surface area contributed by atoms with E-state index in [1.54, 1.807) is 102 Å². The number of nitrogens with one attached hydrogen (secondary N) is 17. The number of carbonyl (C=O) groups excluding carboxylic acids is 19. The molecule has 0 bridgehead atoms. The first kappa shape index (κ1) is 113. The Labute approximate surface area is 810 Å². The molecule has 0 aliphatic carbocycles. The molecule has 19 amide bonds. The molecule has 1 aromatic heterocycles. The second-order valence-electron chi connectivity index (χ2n) is 36.9. The Morgan fingerprint density at radius 1 is 0.429 bits per heavy atom. The number of guanidine groups is 1. The normalized spacial score (nSPS) is 26.7. The molecule has 0 radical (unpaired) electrons. The lowest BCUT2D eigenvalue weighted by atomic mass is 9.95. The second kappa shape index (κ2) is 54.5. The molecule has 5 heterocycles. The summed E-state index contributed by atoms with van der Waals surface area (Å²) in [6.45, 7) is 14.3. The van der Waals surface area contributed by atoms with Gasteiger partial charge in [-0.05, 0) is 132 Å². The molecule has 0 spiro atoms. The fourth-order valence-corrected chi connectivity index (χ4v) is 16.8. The third kappa shape index (κ3) is 33.2. The van der Waals surface area contributed by atoms with Gasteiger partial charge in [0.1, 0.15) is 96.7 Å². The van der Waals surface area contributed by atoms with Crippen molar-refractivity contribution in [3.63, 3.8) is 0 Å². The Hall–Kier alpha value is -13.8. The van der Waals surface area contributed by atoms with Gasteiger partial charge in [0.05, 0.1) is 25.0 Å². The van der Waals surface area contributed by atoms with Crippen molar-refractivity contribution in [3.05, 3.63) is 90.0 Å². The van der Waals surface area contributed by atoms with E-state index in [2.05, 4.69) is 89.7 Å². The molecule has 20 atom stereocenters. The predicted octanol–water partition coefficient (Wildman–Crippen LogP) is -6.40. The van der Waals surface area contributed by atoms with Crippen LogP contribution >= 0.6 is 0 Å². The number of aromatic amines is 1. The summed E-state index contributed by atoms with van der Waals surface area (Å²) in [7, 11) is 0. The molecule has 48 heteroatoms. The lowest BCUT2D eigenvalue weighted by Gasteiger charge is -2.33. The molecule has 140 heavy (non-hydrogen) atoms. The fourth-order valence-electron chi connectivity index (χ4n) is 16.8. The van der Waals surface area contributed by atoms with Crippen LogP contribution in [0.1, 0.15) is 182 Å². The summed E-state index contributed by atoms with van der Waals surface area (Å²) < 4.78 is 0. The van der Waals surface area contributed by atoms with Gasteiger partial charge in [0, 0.05) is 63.8 Å². The van der Waals surface area contributed by atoms with Gasteiger partial charge < -0.3 is 138 Å². The van der Waals surface area contributed by atoms with Crippen LogP contribution in [-0.4, -0.2) is 312 Å². The summed E-state index contributed by atoms with van der Waals surface area (Å²) in [4.78, 5) is 301. The van der Waals surface area contributed by atoms with Gasteiger partial charge in [-0.1, -0.05) is 122 Å². The van der Waals surface area contributed by atoms with Crippen molar-refractivity contribution in [1.82, 2.24) is 104 Å². The number of nitrogens with zero attached hydrogens (tertiary/aromatic N) is 4. The number of fused-ring (bicyclic) bond motifs is 3. The first-order valence-corrected chi connectivity index (χ1v) is 47.4. The van der Waals surface area contributed by atoms with Crippen molar-refractivity contribution < 1.29 is 111 Å². The SMILES string of the molecule is CC[C@H](C)[C@@H]1NC(=O)[C@H](CC(N)=O)NC(=O)[C@H](CCCCN)NC(=O)[C@H](Cc2ccccc2)NC(=O)[C@H](Cc2ccccc2)NC(=O)[C@H](Cc2cnc[nH]2)NC(=O)[C@H](C(C)C)NC(=O)[C@H](C(C)C)NC(=O)[C@@H]2CCCN2C(=O)[C@H](C(N)=O)NC(=O)[C@H](CCC(=O)O)NC(=O)[C@@H]2CCCN2C(=O)[C@H]([C@@H](C)O)NC(=O)[C@H](CCCNC(=N)N)NC(=O)[C@@H]2CCCN2C(=O)[C@H]([C@@H](C)O)NC(=O)[C@H](C(C)C)NC1=O. The van der Waals surface area contributed by atoms with Crippen LogP contribution in [0.3, 0.4) is 0 Å². The van der Waals surface area contributed by atoms with Gasteiger partial charge in [0.25, 0.3) is 5.91 Å². The zero-order chi connectivity index (χ0) is 104. The third-order valence-electron chi connectivity index (χ3n) is 24.9. The maximum atomic E-state index is 15.3. The van der Waals surface area contributed by atoms with Crippen molar-refractivity contribution >= 4 is 124 Å². The summed E-state index contributed by atoms with van der Waals surface area (Å²) in [5, 5.41) is 79.0. The van der Waals surface area contributed by atoms with Crippen LogP contribution in [0.2, 0.25) is 0 Å². The number of primary amides is 2. The van der Waals surface area contributed by atoms with E-state index in [0.29, 0.717) is 23.2 Å². The Bertz CT molecular complexity index is 4850. The van der Waals surface area contributed by atoms with Gasteiger partial charge >= 0.3 is 5.97 Å². The summed E-state index contributed by atoms with van der Waals surface area (Å²) in [5.41, 5.74) is 24.3. The number of nitrogens with two attached hydrogens (primary N) is 4. The fraction of sp³-hybridized carbons (Fsp3) is 0.609. The largest absolute Gasteiger partial charge is 0.481 e. The van der Waals surface area contributed by atoms with Gasteiger partial charge in [0.2, 0.25) is 106 Å². The molecule has 48 nitrogen and oxygen atoms in total. The molecule has 0 saturated carbocycles. The van der Waals surface area contributed by atoms with Crippen LogP contribution in [0.5, 0.6) is 0 Å². The van der Waals surface area contributed by atoms with E-state index in [9.17, 15) is 96.8 Å². The van der Waals surface area contributed by atoms with Crippen LogP contribution in [0, 0.1) is 29.1 Å². The molecule has 3 aromatic rings. The van der Waals surface area contributed by atoms with Crippen LogP contribution in [0.15, 0.2) is 73.2 Å². The number of carboxylic acid groups (broad SMARTS) is 1. The maximum absolute atomic E-state index is 15.3. The van der Waals surface area contributed by atoms with Crippen LogP contribution in [0.25, 0.3) is 0 Å². The molecule has 4 aliphatic heterocycles. The van der Waals surface area contributed by atoms with E-state index in [4.69, 9.17) is 28.3 Å². The highest BCUT2D eigenvalue weighted by molar-refractivity contribution is 6.09. The van der Waals surface area contributed by atoms with Crippen molar-refractivity contribution in [2.45, 2.75) is 300 Å². The topological polar surface area (TPSA) is 749 Å². The van der Waals surface area contributed by atoms with Crippen LogP contribution in [-0.2, 0) is 115 Å². The van der Waals surface area contributed by atoms with Crippen LogP contribution in [0.4, 0.5) is 0 Å². The quantitative estimate of drug-likeness (QED) is 0.0146. The molecule has 2 aromatic carbocycles. The van der Waals surface area contributed by atoms with E-state index in [1.165, 1.54) is 26.4 Å². The van der Waals surface area contributed by atoms with Gasteiger partial charge in [-0.3, -0.25) is 101 Å². The number of unbranched alkanes of at least 4 members (excludes halogenated alkanes) is 1. The number of benzene rings is 2. The van der Waals surface area contributed by atoms with Crippen LogP contribution < -0.4 is 103 Å². The lowest BCUT2D eigenvalue weighted by Crippen LogP contribution is -2.63. The van der Waals surface area contributed by atoms with Crippen molar-refractivity contribution in [2.24, 2.45) is 46.6 Å². The molecule has 4 fully saturated rings. The maximum Gasteiger partial charge on any atom is 0.303 e. The lowest BCUT2D eigenvalue weighted by molar-refractivity contribution is -0.147. The summed E-state index contributed by atoms with van der Waals surface area (Å²) in [6.07, 6.45) is -3.86. The molecule has 770 valence electrons. The Morgan fingerprint density at radius 3 is 1.19 bits per heavy atom. The minimum atomic E-state index is -2.31. The summed E-state index contributed by atoms with van der Waals surface area (Å²) in [5.74, 6) is -25.6. The predicted molar refractivity (Wildman–Crippen MR) is 503 cm³/mol. The molecular formula is C92H139N25O23. The van der Waals surface area contributed by atoms with Gasteiger partial charge in [0.15, 0.2) is 12.0 Å².